The Kier molecular flexibility index (Phi) is 11.0. The van der Waals surface area contributed by atoms with E-state index in [0.717, 1.165) is 28.2 Å². The highest BCUT2D eigenvalue weighted by molar-refractivity contribution is 5.58. The second kappa shape index (κ2) is 14.4. The van der Waals surface area contributed by atoms with Gasteiger partial charge in [-0.2, -0.15) is 0 Å². The van der Waals surface area contributed by atoms with Gasteiger partial charge in [-0.1, -0.05) is 79.7 Å². The van der Waals surface area contributed by atoms with Crippen LogP contribution in [0, 0.1) is 19.8 Å². The van der Waals surface area contributed by atoms with Gasteiger partial charge < -0.3 is 29.2 Å². The zero-order valence-corrected chi connectivity index (χ0v) is 28.2. The molecule has 0 radical (unpaired) electrons. The molecule has 2 N–H and O–H groups in total. The number of benzene rings is 3. The van der Waals surface area contributed by atoms with E-state index in [1.54, 1.807) is 0 Å². The second-order valence-corrected chi connectivity index (χ2v) is 13.3. The molecule has 44 heavy (non-hydrogen) atoms. The van der Waals surface area contributed by atoms with Crippen LogP contribution in [0.4, 0.5) is 0 Å². The summed E-state index contributed by atoms with van der Waals surface area (Å²) in [5, 5.41) is 21.3. The molecule has 0 bridgehead atoms. The van der Waals surface area contributed by atoms with Gasteiger partial charge in [0.15, 0.2) is 11.5 Å². The molecule has 6 heteroatoms. The van der Waals surface area contributed by atoms with Gasteiger partial charge in [0.2, 0.25) is 5.75 Å². The molecule has 240 valence electrons. The first-order chi connectivity index (χ1) is 20.8. The van der Waals surface area contributed by atoms with Crippen LogP contribution in [0.3, 0.4) is 0 Å². The quantitative estimate of drug-likeness (QED) is 0.227. The van der Waals surface area contributed by atoms with Crippen LogP contribution in [-0.2, 0) is 4.74 Å². The Hall–Kier alpha value is -3.06. The third-order valence-corrected chi connectivity index (χ3v) is 8.88. The average molecular weight is 605 g/mol. The first kappa shape index (κ1) is 33.8. The van der Waals surface area contributed by atoms with Crippen LogP contribution in [0.1, 0.15) is 107 Å². The number of ether oxygens (including phenoxy) is 4. The minimum Gasteiger partial charge on any atom is -0.484 e. The molecule has 5 unspecified atom stereocenters. The van der Waals surface area contributed by atoms with Crippen molar-refractivity contribution in [3.05, 3.63) is 76.3 Å². The van der Waals surface area contributed by atoms with E-state index in [9.17, 15) is 10.2 Å². The summed E-state index contributed by atoms with van der Waals surface area (Å²) in [5.74, 6) is 3.78. The fourth-order valence-electron chi connectivity index (χ4n) is 5.63. The molecule has 3 aromatic carbocycles. The van der Waals surface area contributed by atoms with E-state index in [1.165, 1.54) is 11.1 Å². The largest absolute Gasteiger partial charge is 0.484 e. The van der Waals surface area contributed by atoms with Crippen LogP contribution in [0.2, 0.25) is 0 Å². The molecule has 0 aromatic heterocycles. The van der Waals surface area contributed by atoms with E-state index < -0.39 is 24.4 Å². The van der Waals surface area contributed by atoms with Crippen LogP contribution in [0.25, 0.3) is 0 Å². The summed E-state index contributed by atoms with van der Waals surface area (Å²) in [6.45, 7) is 21.1. The van der Waals surface area contributed by atoms with Crippen molar-refractivity contribution in [1.82, 2.24) is 0 Å². The van der Waals surface area contributed by atoms with E-state index in [2.05, 4.69) is 79.7 Å². The monoisotopic (exact) mass is 604 g/mol. The Morgan fingerprint density at radius 3 is 1.55 bits per heavy atom. The van der Waals surface area contributed by atoms with Crippen molar-refractivity contribution in [1.29, 1.82) is 0 Å². The molecule has 5 atom stereocenters. The predicted molar refractivity (Wildman–Crippen MR) is 177 cm³/mol. The van der Waals surface area contributed by atoms with Crippen molar-refractivity contribution in [2.24, 2.45) is 5.92 Å². The molecule has 1 fully saturated rings. The fourth-order valence-corrected chi connectivity index (χ4v) is 5.63. The highest BCUT2D eigenvalue weighted by Gasteiger charge is 2.41. The standard InChI is InChI=1S/C38H52O6/c1-11-30-37(40)36(39)26(10)35(42-30)20-41-38-33(43-31-14-12-27(21(2)3)16-24(31)8)18-29(23(6)7)19-34(38)44-32-15-13-28(22(4)5)17-25(32)9/h12-19,21-23,26,30,35-37,39-40H,11,20H2,1-10H3. The smallest absolute Gasteiger partial charge is 0.205 e. The third-order valence-electron chi connectivity index (χ3n) is 8.88. The van der Waals surface area contributed by atoms with Crippen LogP contribution in [0.5, 0.6) is 28.7 Å². The second-order valence-electron chi connectivity index (χ2n) is 13.3. The lowest BCUT2D eigenvalue weighted by molar-refractivity contribution is -0.202. The molecule has 3 aromatic rings. The van der Waals surface area contributed by atoms with E-state index in [0.29, 0.717) is 35.5 Å². The average Bonchev–Trinajstić information content (AvgIpc) is 2.97. The molecule has 1 aliphatic heterocycles. The molecule has 0 spiro atoms. The maximum atomic E-state index is 10.8. The summed E-state index contributed by atoms with van der Waals surface area (Å²) in [4.78, 5) is 0. The van der Waals surface area contributed by atoms with Gasteiger partial charge in [0.05, 0.1) is 18.3 Å². The number of aryl methyl sites for hydroxylation is 2. The van der Waals surface area contributed by atoms with Gasteiger partial charge in [0, 0.05) is 5.92 Å². The maximum Gasteiger partial charge on any atom is 0.205 e. The van der Waals surface area contributed by atoms with E-state index in [-0.39, 0.29) is 18.4 Å². The van der Waals surface area contributed by atoms with Crippen molar-refractivity contribution in [3.63, 3.8) is 0 Å². The predicted octanol–water partition coefficient (Wildman–Crippen LogP) is 9.17. The zero-order chi connectivity index (χ0) is 32.3. The van der Waals surface area contributed by atoms with E-state index >= 15 is 0 Å². The number of aliphatic hydroxyl groups is 2. The van der Waals surface area contributed by atoms with Gasteiger partial charge in [-0.25, -0.2) is 0 Å². The molecular weight excluding hydrogens is 552 g/mol. The van der Waals surface area contributed by atoms with Crippen LogP contribution in [0.15, 0.2) is 48.5 Å². The topological polar surface area (TPSA) is 77.4 Å². The molecule has 1 aliphatic rings. The van der Waals surface area contributed by atoms with Crippen LogP contribution < -0.4 is 14.2 Å². The van der Waals surface area contributed by atoms with Gasteiger partial charge in [-0.15, -0.1) is 0 Å². The lowest BCUT2D eigenvalue weighted by Crippen LogP contribution is -2.54. The minimum atomic E-state index is -0.928. The van der Waals surface area contributed by atoms with Crippen molar-refractivity contribution < 1.29 is 29.2 Å². The number of hydrogen-bond acceptors (Lipinski definition) is 6. The Morgan fingerprint density at radius 1 is 0.659 bits per heavy atom. The zero-order valence-electron chi connectivity index (χ0n) is 28.2. The Labute approximate surface area is 264 Å². The Bertz CT molecular complexity index is 1330. The van der Waals surface area contributed by atoms with E-state index in [4.69, 9.17) is 18.9 Å². The Morgan fingerprint density at radius 2 is 1.14 bits per heavy atom. The van der Waals surface area contributed by atoms with Crippen molar-refractivity contribution in [2.75, 3.05) is 6.61 Å². The highest BCUT2D eigenvalue weighted by atomic mass is 16.6. The highest BCUT2D eigenvalue weighted by Crippen LogP contribution is 2.46. The van der Waals surface area contributed by atoms with E-state index in [1.807, 2.05) is 38.1 Å². The summed E-state index contributed by atoms with van der Waals surface area (Å²) in [6, 6.07) is 16.6. The van der Waals surface area contributed by atoms with Crippen molar-refractivity contribution in [3.8, 4) is 28.7 Å². The normalized spacial score (nSPS) is 22.1. The number of rotatable bonds is 11. The van der Waals surface area contributed by atoms with Crippen molar-refractivity contribution in [2.45, 2.75) is 118 Å². The Balaban J connectivity index is 1.78. The molecule has 6 nitrogen and oxygen atoms in total. The molecule has 0 amide bonds. The molecule has 1 saturated heterocycles. The molecule has 4 rings (SSSR count). The van der Waals surface area contributed by atoms with Gasteiger partial charge in [0.1, 0.15) is 24.2 Å². The number of hydrogen-bond donors (Lipinski definition) is 2. The van der Waals surface area contributed by atoms with Gasteiger partial charge in [-0.05, 0) is 90.1 Å². The molecule has 0 aliphatic carbocycles. The third kappa shape index (κ3) is 7.59. The lowest BCUT2D eigenvalue weighted by Gasteiger charge is -2.41. The number of aliphatic hydroxyl groups excluding tert-OH is 2. The summed E-state index contributed by atoms with van der Waals surface area (Å²) >= 11 is 0. The van der Waals surface area contributed by atoms with Crippen molar-refractivity contribution >= 4 is 0 Å². The first-order valence-electron chi connectivity index (χ1n) is 16.2. The van der Waals surface area contributed by atoms with Crippen LogP contribution >= 0.6 is 0 Å². The molecule has 1 heterocycles. The summed E-state index contributed by atoms with van der Waals surface area (Å²) < 4.78 is 26.1. The van der Waals surface area contributed by atoms with Gasteiger partial charge in [0.25, 0.3) is 0 Å². The lowest BCUT2D eigenvalue weighted by atomic mass is 9.87. The maximum absolute atomic E-state index is 10.8. The van der Waals surface area contributed by atoms with Gasteiger partial charge >= 0.3 is 0 Å². The molecule has 0 saturated carbocycles. The minimum absolute atomic E-state index is 0.158. The summed E-state index contributed by atoms with van der Waals surface area (Å²) in [5.41, 5.74) is 5.63. The SMILES string of the molecule is CCC1OC(COc2c(Oc3ccc(C(C)C)cc3C)cc(C(C)C)cc2Oc2ccc(C(C)C)cc2C)C(C)C(O)C1O. The van der Waals surface area contributed by atoms with Crippen LogP contribution in [-0.4, -0.2) is 41.2 Å². The fraction of sp³-hybridized carbons (Fsp3) is 0.526. The van der Waals surface area contributed by atoms with Gasteiger partial charge in [-0.3, -0.25) is 0 Å². The first-order valence-corrected chi connectivity index (χ1v) is 16.2. The summed E-state index contributed by atoms with van der Waals surface area (Å²) in [7, 11) is 0. The summed E-state index contributed by atoms with van der Waals surface area (Å²) in [6.07, 6.45) is -2.13. The molecular formula is C38H52O6.